The van der Waals surface area contributed by atoms with Gasteiger partial charge in [-0.3, -0.25) is 0 Å². The minimum atomic E-state index is 0.693. The molecule has 0 spiro atoms. The molecule has 0 N–H and O–H groups in total. The van der Waals surface area contributed by atoms with E-state index in [0.29, 0.717) is 5.88 Å². The number of alkyl halides is 1. The molecule has 0 unspecified atom stereocenters. The summed E-state index contributed by atoms with van der Waals surface area (Å²) in [5, 5.41) is 0. The molecule has 0 aliphatic carbocycles. The Labute approximate surface area is 110 Å². The van der Waals surface area contributed by atoms with Crippen molar-refractivity contribution in [3.8, 4) is 11.8 Å². The minimum Gasteiger partial charge on any atom is -0.127 e. The van der Waals surface area contributed by atoms with Crippen molar-refractivity contribution in [2.24, 2.45) is 0 Å². The molecule has 0 saturated carbocycles. The van der Waals surface area contributed by atoms with Crippen LogP contribution in [0.25, 0.3) is 0 Å². The number of hydrogen-bond donors (Lipinski definition) is 0. The van der Waals surface area contributed by atoms with E-state index in [9.17, 15) is 0 Å². The minimum absolute atomic E-state index is 0.693. The lowest BCUT2D eigenvalue weighted by molar-refractivity contribution is 0.991. The van der Waals surface area contributed by atoms with E-state index < -0.39 is 0 Å². The predicted octanol–water partition coefficient (Wildman–Crippen LogP) is 4.60. The first-order chi connectivity index (χ1) is 8.00. The number of benzene rings is 1. The molecule has 0 nitrogen and oxygen atoms in total. The largest absolute Gasteiger partial charge is 0.127 e. The normalized spacial score (nSPS) is 10.0. The van der Waals surface area contributed by atoms with Crippen LogP contribution in [0.2, 0.25) is 0 Å². The van der Waals surface area contributed by atoms with Crippen LogP contribution in [0.5, 0.6) is 0 Å². The van der Waals surface area contributed by atoms with E-state index in [1.807, 2.05) is 0 Å². The van der Waals surface area contributed by atoms with Gasteiger partial charge >= 0.3 is 0 Å². The fraction of sp³-hybridized carbons (Fsp3) is 0.500. The Morgan fingerprint density at radius 1 is 0.824 bits per heavy atom. The van der Waals surface area contributed by atoms with Gasteiger partial charge in [-0.15, -0.1) is 11.6 Å². The summed E-state index contributed by atoms with van der Waals surface area (Å²) in [4.78, 5) is 0. The van der Waals surface area contributed by atoms with Gasteiger partial charge in [0, 0.05) is 17.9 Å². The van der Waals surface area contributed by atoms with E-state index in [0.717, 1.165) is 12.8 Å². The molecule has 0 atom stereocenters. The van der Waals surface area contributed by atoms with Crippen LogP contribution in [-0.4, -0.2) is 5.88 Å². The van der Waals surface area contributed by atoms with Gasteiger partial charge in [0.2, 0.25) is 0 Å². The molecule has 92 valence electrons. The van der Waals surface area contributed by atoms with Crippen molar-refractivity contribution in [2.45, 2.75) is 47.5 Å². The van der Waals surface area contributed by atoms with Crippen molar-refractivity contribution in [3.05, 3.63) is 33.4 Å². The molecule has 0 aromatic heterocycles. The Morgan fingerprint density at radius 3 is 1.76 bits per heavy atom. The van der Waals surface area contributed by atoms with Crippen molar-refractivity contribution in [2.75, 3.05) is 5.88 Å². The smallest absolute Gasteiger partial charge is 0.0309 e. The number of halogens is 1. The molecule has 0 aliphatic heterocycles. The Kier molecular flexibility index (Phi) is 5.09. The third-order valence-corrected chi connectivity index (χ3v) is 3.92. The van der Waals surface area contributed by atoms with Gasteiger partial charge in [0.25, 0.3) is 0 Å². The molecule has 0 saturated heterocycles. The van der Waals surface area contributed by atoms with Crippen LogP contribution in [0.15, 0.2) is 0 Å². The fourth-order valence-corrected chi connectivity index (χ4v) is 2.13. The molecular formula is C16H21Cl. The number of rotatable bonds is 2. The molecule has 0 heterocycles. The maximum absolute atomic E-state index is 5.65. The van der Waals surface area contributed by atoms with Crippen molar-refractivity contribution < 1.29 is 0 Å². The molecule has 0 fully saturated rings. The van der Waals surface area contributed by atoms with E-state index in [2.05, 4.69) is 46.5 Å². The van der Waals surface area contributed by atoms with Crippen molar-refractivity contribution in [1.29, 1.82) is 0 Å². The summed E-state index contributed by atoms with van der Waals surface area (Å²) in [7, 11) is 0. The molecule has 0 aliphatic rings. The topological polar surface area (TPSA) is 0 Å². The maximum atomic E-state index is 5.65. The van der Waals surface area contributed by atoms with Crippen LogP contribution in [0.3, 0.4) is 0 Å². The van der Waals surface area contributed by atoms with Crippen LogP contribution in [0, 0.1) is 46.5 Å². The fourth-order valence-electron chi connectivity index (χ4n) is 1.99. The monoisotopic (exact) mass is 248 g/mol. The van der Waals surface area contributed by atoms with E-state index in [-0.39, 0.29) is 0 Å². The summed E-state index contributed by atoms with van der Waals surface area (Å²) >= 11 is 5.65. The highest BCUT2D eigenvalue weighted by atomic mass is 35.5. The van der Waals surface area contributed by atoms with Gasteiger partial charge < -0.3 is 0 Å². The summed E-state index contributed by atoms with van der Waals surface area (Å²) in [5.74, 6) is 7.23. The lowest BCUT2D eigenvalue weighted by atomic mass is 9.90. The van der Waals surface area contributed by atoms with Crippen LogP contribution in [-0.2, 0) is 0 Å². The van der Waals surface area contributed by atoms with E-state index in [1.54, 1.807) is 0 Å². The highest BCUT2D eigenvalue weighted by molar-refractivity contribution is 6.17. The van der Waals surface area contributed by atoms with E-state index >= 15 is 0 Å². The zero-order valence-electron chi connectivity index (χ0n) is 11.5. The Bertz CT molecular complexity index is 444. The van der Waals surface area contributed by atoms with Gasteiger partial charge in [0.05, 0.1) is 0 Å². The highest BCUT2D eigenvalue weighted by Crippen LogP contribution is 2.25. The molecular weight excluding hydrogens is 228 g/mol. The third-order valence-electron chi connectivity index (χ3n) is 3.65. The molecule has 1 heteroatoms. The van der Waals surface area contributed by atoms with Crippen molar-refractivity contribution >= 4 is 11.6 Å². The molecule has 1 aromatic rings. The van der Waals surface area contributed by atoms with E-state index in [4.69, 9.17) is 11.6 Å². The molecule has 17 heavy (non-hydrogen) atoms. The van der Waals surface area contributed by atoms with Crippen LogP contribution >= 0.6 is 11.6 Å². The van der Waals surface area contributed by atoms with Crippen LogP contribution in [0.4, 0.5) is 0 Å². The summed E-state index contributed by atoms with van der Waals surface area (Å²) in [6, 6.07) is 0. The van der Waals surface area contributed by atoms with Gasteiger partial charge in [-0.05, 0) is 68.9 Å². The zero-order valence-corrected chi connectivity index (χ0v) is 12.3. The Morgan fingerprint density at radius 2 is 1.29 bits per heavy atom. The Hall–Kier alpha value is -0.930. The van der Waals surface area contributed by atoms with Gasteiger partial charge in [-0.2, -0.15) is 0 Å². The van der Waals surface area contributed by atoms with E-state index in [1.165, 1.54) is 33.4 Å². The average Bonchev–Trinajstić information content (AvgIpc) is 2.33. The molecule has 1 aromatic carbocycles. The van der Waals surface area contributed by atoms with Crippen molar-refractivity contribution in [1.82, 2.24) is 0 Å². The summed E-state index contributed by atoms with van der Waals surface area (Å²) < 4.78 is 0. The second kappa shape index (κ2) is 6.12. The number of unbranched alkanes of at least 4 members (excludes halogenated alkanes) is 1. The summed E-state index contributed by atoms with van der Waals surface area (Å²) in [5.41, 5.74) is 7.99. The summed E-state index contributed by atoms with van der Waals surface area (Å²) in [6.07, 6.45) is 1.85. The lowest BCUT2D eigenvalue weighted by Gasteiger charge is -2.15. The predicted molar refractivity (Wildman–Crippen MR) is 77.0 cm³/mol. The average molecular weight is 249 g/mol. The first kappa shape index (κ1) is 14.1. The third kappa shape index (κ3) is 3.05. The SMILES string of the molecule is Cc1c(C)c(C)c(C#CCCCCl)c(C)c1C. The summed E-state index contributed by atoms with van der Waals surface area (Å²) in [6.45, 7) is 10.9. The van der Waals surface area contributed by atoms with Gasteiger partial charge in [-0.25, -0.2) is 0 Å². The zero-order chi connectivity index (χ0) is 13.0. The van der Waals surface area contributed by atoms with Crippen molar-refractivity contribution in [3.63, 3.8) is 0 Å². The molecule has 0 amide bonds. The second-order valence-corrected chi connectivity index (χ2v) is 4.97. The molecule has 0 radical (unpaired) electrons. The second-order valence-electron chi connectivity index (χ2n) is 4.59. The molecule has 0 bridgehead atoms. The highest BCUT2D eigenvalue weighted by Gasteiger charge is 2.09. The first-order valence-corrected chi connectivity index (χ1v) is 6.66. The molecule has 1 rings (SSSR count). The number of hydrogen-bond acceptors (Lipinski definition) is 0. The van der Waals surface area contributed by atoms with Gasteiger partial charge in [-0.1, -0.05) is 11.8 Å². The van der Waals surface area contributed by atoms with Gasteiger partial charge in [0.1, 0.15) is 0 Å². The lowest BCUT2D eigenvalue weighted by Crippen LogP contribution is -1.99. The first-order valence-electron chi connectivity index (χ1n) is 6.12. The quantitative estimate of drug-likeness (QED) is 0.408. The maximum Gasteiger partial charge on any atom is 0.0309 e. The van der Waals surface area contributed by atoms with Crippen LogP contribution in [0.1, 0.15) is 46.2 Å². The van der Waals surface area contributed by atoms with Gasteiger partial charge in [0.15, 0.2) is 0 Å². The van der Waals surface area contributed by atoms with Crippen LogP contribution < -0.4 is 0 Å². The standard InChI is InChI=1S/C16H21Cl/c1-11-12(2)14(4)16(15(5)13(11)3)9-7-6-8-10-17/h6,8,10H2,1-5H3. The Balaban J connectivity index is 3.19.